The fourth-order valence-corrected chi connectivity index (χ4v) is 1.41. The second-order valence-electron chi connectivity index (χ2n) is 2.65. The van der Waals surface area contributed by atoms with Gasteiger partial charge in [-0.1, -0.05) is 27.5 Å². The van der Waals surface area contributed by atoms with Crippen LogP contribution in [0.5, 0.6) is 0 Å². The largest absolute Gasteiger partial charge is 0.352 e. The predicted octanol–water partition coefficient (Wildman–Crippen LogP) is 2.25. The number of amides is 1. The molecule has 0 fully saturated rings. The van der Waals surface area contributed by atoms with Gasteiger partial charge in [-0.2, -0.15) is 0 Å². The van der Waals surface area contributed by atoms with Crippen LogP contribution in [-0.2, 0) is 0 Å². The van der Waals surface area contributed by atoms with Crippen LogP contribution in [0.1, 0.15) is 16.8 Å². The molecule has 1 rings (SSSR count). The van der Waals surface area contributed by atoms with Gasteiger partial charge < -0.3 is 5.32 Å². The molecular formula is C9H10BrClN2O. The molecule has 0 saturated carbocycles. The molecule has 0 radical (unpaired) electrons. The number of rotatable bonds is 4. The average molecular weight is 278 g/mol. The molecule has 1 amide bonds. The van der Waals surface area contributed by atoms with Gasteiger partial charge in [-0.15, -0.1) is 0 Å². The summed E-state index contributed by atoms with van der Waals surface area (Å²) in [4.78, 5) is 15.3. The summed E-state index contributed by atoms with van der Waals surface area (Å²) in [6.45, 7) is 0.642. The standard InChI is InChI=1S/C9H10BrClN2O/c10-3-1-4-13-9(14)7-2-5-12-6-8(7)11/h2,5-6H,1,3-4H2,(H,13,14). The lowest BCUT2D eigenvalue weighted by Gasteiger charge is -2.04. The summed E-state index contributed by atoms with van der Waals surface area (Å²) in [6, 6.07) is 1.60. The fraction of sp³-hybridized carbons (Fsp3) is 0.333. The molecule has 76 valence electrons. The molecule has 0 saturated heterocycles. The van der Waals surface area contributed by atoms with E-state index >= 15 is 0 Å². The Morgan fingerprint density at radius 3 is 3.07 bits per heavy atom. The van der Waals surface area contributed by atoms with Crippen molar-refractivity contribution in [3.63, 3.8) is 0 Å². The lowest BCUT2D eigenvalue weighted by atomic mass is 10.2. The number of hydrogen-bond acceptors (Lipinski definition) is 2. The normalized spacial score (nSPS) is 9.86. The van der Waals surface area contributed by atoms with E-state index in [1.807, 2.05) is 0 Å². The van der Waals surface area contributed by atoms with Crippen molar-refractivity contribution in [1.82, 2.24) is 10.3 Å². The maximum Gasteiger partial charge on any atom is 0.252 e. The Morgan fingerprint density at radius 1 is 1.64 bits per heavy atom. The Balaban J connectivity index is 2.56. The summed E-state index contributed by atoms with van der Waals surface area (Å²) >= 11 is 9.08. The number of carbonyl (C=O) groups is 1. The van der Waals surface area contributed by atoms with Gasteiger partial charge in [0.15, 0.2) is 0 Å². The van der Waals surface area contributed by atoms with Gasteiger partial charge in [0, 0.05) is 24.3 Å². The van der Waals surface area contributed by atoms with E-state index < -0.39 is 0 Å². The van der Waals surface area contributed by atoms with E-state index in [4.69, 9.17) is 11.6 Å². The average Bonchev–Trinajstić information content (AvgIpc) is 2.18. The molecule has 14 heavy (non-hydrogen) atoms. The maximum absolute atomic E-state index is 11.5. The first-order valence-electron chi connectivity index (χ1n) is 4.19. The lowest BCUT2D eigenvalue weighted by molar-refractivity contribution is 0.0954. The quantitative estimate of drug-likeness (QED) is 0.677. The number of nitrogens with zero attached hydrogens (tertiary/aromatic N) is 1. The molecule has 0 aromatic carbocycles. The van der Waals surface area contributed by atoms with Gasteiger partial charge in [0.25, 0.3) is 5.91 Å². The molecule has 0 bridgehead atoms. The van der Waals surface area contributed by atoms with Crippen LogP contribution in [0.3, 0.4) is 0 Å². The zero-order valence-electron chi connectivity index (χ0n) is 7.46. The van der Waals surface area contributed by atoms with Crippen LogP contribution >= 0.6 is 27.5 Å². The zero-order valence-corrected chi connectivity index (χ0v) is 9.81. The molecular weight excluding hydrogens is 267 g/mol. The molecule has 1 N–H and O–H groups in total. The van der Waals surface area contributed by atoms with Crippen molar-refractivity contribution in [3.8, 4) is 0 Å². The Kier molecular flexibility index (Phi) is 4.90. The Hall–Kier alpha value is -0.610. The molecule has 0 spiro atoms. The third-order valence-corrected chi connectivity index (χ3v) is 2.47. The van der Waals surface area contributed by atoms with Gasteiger partial charge in [-0.05, 0) is 12.5 Å². The zero-order chi connectivity index (χ0) is 10.4. The minimum atomic E-state index is -0.154. The Labute approximate surface area is 96.0 Å². The Bertz CT molecular complexity index is 319. The first-order valence-corrected chi connectivity index (χ1v) is 5.69. The number of hydrogen-bond donors (Lipinski definition) is 1. The van der Waals surface area contributed by atoms with Gasteiger partial charge in [0.1, 0.15) is 0 Å². The van der Waals surface area contributed by atoms with E-state index in [0.717, 1.165) is 11.8 Å². The van der Waals surface area contributed by atoms with E-state index in [1.165, 1.54) is 6.20 Å². The van der Waals surface area contributed by atoms with Crippen molar-refractivity contribution in [1.29, 1.82) is 0 Å². The third-order valence-electron chi connectivity index (χ3n) is 1.61. The molecule has 0 aliphatic rings. The van der Waals surface area contributed by atoms with Gasteiger partial charge >= 0.3 is 0 Å². The third kappa shape index (κ3) is 3.27. The van der Waals surface area contributed by atoms with Gasteiger partial charge in [0.05, 0.1) is 10.6 Å². The minimum absolute atomic E-state index is 0.154. The smallest absolute Gasteiger partial charge is 0.252 e. The second kappa shape index (κ2) is 5.98. The molecule has 0 aliphatic heterocycles. The first kappa shape index (κ1) is 11.5. The SMILES string of the molecule is O=C(NCCCBr)c1ccncc1Cl. The molecule has 0 aliphatic carbocycles. The topological polar surface area (TPSA) is 42.0 Å². The van der Waals surface area contributed by atoms with Crippen molar-refractivity contribution in [2.75, 3.05) is 11.9 Å². The molecule has 3 nitrogen and oxygen atoms in total. The van der Waals surface area contributed by atoms with Crippen LogP contribution in [-0.4, -0.2) is 22.8 Å². The van der Waals surface area contributed by atoms with E-state index in [9.17, 15) is 4.79 Å². The van der Waals surface area contributed by atoms with E-state index in [1.54, 1.807) is 12.3 Å². The van der Waals surface area contributed by atoms with Crippen LogP contribution in [0, 0.1) is 0 Å². The van der Waals surface area contributed by atoms with Crippen LogP contribution in [0.15, 0.2) is 18.5 Å². The predicted molar refractivity (Wildman–Crippen MR) is 60.0 cm³/mol. The Morgan fingerprint density at radius 2 is 2.43 bits per heavy atom. The molecule has 1 aromatic heterocycles. The van der Waals surface area contributed by atoms with Crippen molar-refractivity contribution < 1.29 is 4.79 Å². The van der Waals surface area contributed by atoms with Gasteiger partial charge in [0.2, 0.25) is 0 Å². The summed E-state index contributed by atoms with van der Waals surface area (Å²) < 4.78 is 0. The highest BCUT2D eigenvalue weighted by molar-refractivity contribution is 9.09. The van der Waals surface area contributed by atoms with E-state index in [0.29, 0.717) is 17.1 Å². The van der Waals surface area contributed by atoms with Crippen LogP contribution in [0.25, 0.3) is 0 Å². The highest BCUT2D eigenvalue weighted by atomic mass is 79.9. The molecule has 0 atom stereocenters. The number of halogens is 2. The van der Waals surface area contributed by atoms with Crippen LogP contribution in [0.2, 0.25) is 5.02 Å². The van der Waals surface area contributed by atoms with Crippen molar-refractivity contribution >= 4 is 33.4 Å². The fourth-order valence-electron chi connectivity index (χ4n) is 0.923. The molecule has 1 aromatic rings. The minimum Gasteiger partial charge on any atom is -0.352 e. The van der Waals surface area contributed by atoms with Crippen molar-refractivity contribution in [2.45, 2.75) is 6.42 Å². The second-order valence-corrected chi connectivity index (χ2v) is 3.85. The number of nitrogens with one attached hydrogen (secondary N) is 1. The number of carbonyl (C=O) groups excluding carboxylic acids is 1. The van der Waals surface area contributed by atoms with Gasteiger partial charge in [-0.25, -0.2) is 0 Å². The number of aromatic nitrogens is 1. The van der Waals surface area contributed by atoms with Gasteiger partial charge in [-0.3, -0.25) is 9.78 Å². The highest BCUT2D eigenvalue weighted by Gasteiger charge is 2.08. The van der Waals surface area contributed by atoms with E-state index in [-0.39, 0.29) is 5.91 Å². The molecule has 1 heterocycles. The summed E-state index contributed by atoms with van der Waals surface area (Å²) in [7, 11) is 0. The summed E-state index contributed by atoms with van der Waals surface area (Å²) in [5.41, 5.74) is 0.469. The lowest BCUT2D eigenvalue weighted by Crippen LogP contribution is -2.24. The van der Waals surface area contributed by atoms with Crippen molar-refractivity contribution in [2.24, 2.45) is 0 Å². The van der Waals surface area contributed by atoms with Crippen LogP contribution in [0.4, 0.5) is 0 Å². The number of alkyl halides is 1. The summed E-state index contributed by atoms with van der Waals surface area (Å²) in [6.07, 6.45) is 3.90. The monoisotopic (exact) mass is 276 g/mol. The maximum atomic E-state index is 11.5. The van der Waals surface area contributed by atoms with E-state index in [2.05, 4.69) is 26.2 Å². The van der Waals surface area contributed by atoms with Crippen molar-refractivity contribution in [3.05, 3.63) is 29.0 Å². The molecule has 5 heteroatoms. The highest BCUT2D eigenvalue weighted by Crippen LogP contribution is 2.12. The van der Waals surface area contributed by atoms with Crippen LogP contribution < -0.4 is 5.32 Å². The summed E-state index contributed by atoms with van der Waals surface area (Å²) in [5, 5.41) is 4.01. The summed E-state index contributed by atoms with van der Waals surface area (Å²) in [5.74, 6) is -0.154. The first-order chi connectivity index (χ1) is 6.75. The number of pyridine rings is 1. The molecule has 0 unspecified atom stereocenters.